The second-order valence-corrected chi connectivity index (χ2v) is 10.4. The summed E-state index contributed by atoms with van der Waals surface area (Å²) in [5, 5.41) is 6.35. The van der Waals surface area contributed by atoms with Crippen LogP contribution in [0.3, 0.4) is 0 Å². The highest BCUT2D eigenvalue weighted by Gasteiger charge is 2.26. The van der Waals surface area contributed by atoms with Crippen molar-refractivity contribution in [3.05, 3.63) is 34.4 Å². The molecule has 0 saturated carbocycles. The molecule has 0 bridgehead atoms. The van der Waals surface area contributed by atoms with E-state index >= 15 is 0 Å². The van der Waals surface area contributed by atoms with Gasteiger partial charge in [0, 0.05) is 30.1 Å². The van der Waals surface area contributed by atoms with Gasteiger partial charge in [0.15, 0.2) is 0 Å². The van der Waals surface area contributed by atoms with Crippen LogP contribution in [0.25, 0.3) is 0 Å². The maximum absolute atomic E-state index is 12.6. The van der Waals surface area contributed by atoms with Crippen LogP contribution in [0.4, 0.5) is 5.82 Å². The molecule has 3 rings (SSSR count). The van der Waals surface area contributed by atoms with Gasteiger partial charge in [-0.05, 0) is 19.1 Å². The van der Waals surface area contributed by atoms with Crippen LogP contribution in [-0.2, 0) is 20.2 Å². The van der Waals surface area contributed by atoms with Crippen LogP contribution < -0.4 is 5.32 Å². The van der Waals surface area contributed by atoms with Gasteiger partial charge in [0.25, 0.3) is 0 Å². The van der Waals surface area contributed by atoms with Crippen LogP contribution in [0.15, 0.2) is 28.6 Å². The van der Waals surface area contributed by atoms with E-state index in [-0.39, 0.29) is 16.4 Å². The van der Waals surface area contributed by atoms with Crippen molar-refractivity contribution in [3.63, 3.8) is 0 Å². The van der Waals surface area contributed by atoms with Crippen molar-refractivity contribution >= 4 is 27.2 Å². The number of anilines is 1. The molecule has 1 N–H and O–H groups in total. The van der Waals surface area contributed by atoms with Gasteiger partial charge in [-0.25, -0.2) is 18.4 Å². The molecule has 0 radical (unpaired) electrons. The number of morpholine rings is 1. The molecule has 1 aliphatic rings. The van der Waals surface area contributed by atoms with E-state index in [9.17, 15) is 8.42 Å². The van der Waals surface area contributed by atoms with Gasteiger partial charge < -0.3 is 10.1 Å². The Bertz CT molecular complexity index is 867. The van der Waals surface area contributed by atoms with Crippen molar-refractivity contribution in [1.82, 2.24) is 14.3 Å². The Hall–Kier alpha value is -1.55. The second-order valence-electron chi connectivity index (χ2n) is 7.58. The van der Waals surface area contributed by atoms with Gasteiger partial charge in [-0.3, -0.25) is 0 Å². The minimum Gasteiger partial charge on any atom is -0.379 e. The number of thiazole rings is 1. The lowest BCUT2D eigenvalue weighted by Crippen LogP contribution is -2.40. The van der Waals surface area contributed by atoms with E-state index in [2.05, 4.69) is 36.5 Å². The highest BCUT2D eigenvalue weighted by Crippen LogP contribution is 2.28. The summed E-state index contributed by atoms with van der Waals surface area (Å²) >= 11 is 1.61. The van der Waals surface area contributed by atoms with Gasteiger partial charge in [0.1, 0.15) is 15.7 Å². The van der Waals surface area contributed by atoms with E-state index in [1.807, 2.05) is 6.92 Å². The zero-order valence-electron chi connectivity index (χ0n) is 16.1. The van der Waals surface area contributed by atoms with Gasteiger partial charge >= 0.3 is 0 Å². The third-order valence-electron chi connectivity index (χ3n) is 4.37. The molecule has 0 spiro atoms. The van der Waals surface area contributed by atoms with Crippen LogP contribution in [-0.4, -0.2) is 49.0 Å². The summed E-state index contributed by atoms with van der Waals surface area (Å²) < 4.78 is 31.9. The fourth-order valence-electron chi connectivity index (χ4n) is 2.67. The van der Waals surface area contributed by atoms with Gasteiger partial charge in [-0.1, -0.05) is 20.8 Å². The highest BCUT2D eigenvalue weighted by molar-refractivity contribution is 7.89. The number of hydrogen-bond donors (Lipinski definition) is 1. The summed E-state index contributed by atoms with van der Waals surface area (Å²) in [7, 11) is -3.52. The number of hydrogen-bond acceptors (Lipinski definition) is 7. The van der Waals surface area contributed by atoms with Gasteiger partial charge in [-0.2, -0.15) is 4.31 Å². The molecular formula is C18H26N4O3S2. The number of pyridine rings is 1. The molecule has 1 unspecified atom stereocenters. The summed E-state index contributed by atoms with van der Waals surface area (Å²) in [4.78, 5) is 9.20. The van der Waals surface area contributed by atoms with E-state index in [4.69, 9.17) is 9.72 Å². The van der Waals surface area contributed by atoms with Crippen molar-refractivity contribution in [2.24, 2.45) is 0 Å². The first-order valence-corrected chi connectivity index (χ1v) is 11.3. The molecule has 1 atom stereocenters. The normalized spacial score (nSPS) is 17.6. The fourth-order valence-corrected chi connectivity index (χ4v) is 5.08. The summed E-state index contributed by atoms with van der Waals surface area (Å²) in [6.07, 6.45) is 1.41. The lowest BCUT2D eigenvalue weighted by molar-refractivity contribution is 0.0730. The molecule has 1 aliphatic heterocycles. The van der Waals surface area contributed by atoms with Crippen molar-refractivity contribution in [3.8, 4) is 0 Å². The van der Waals surface area contributed by atoms with Crippen molar-refractivity contribution in [2.75, 3.05) is 31.6 Å². The molecule has 1 fully saturated rings. The maximum atomic E-state index is 12.6. The zero-order chi connectivity index (χ0) is 19.7. The molecule has 7 nitrogen and oxygen atoms in total. The standard InChI is InChI=1S/C18H26N4O3S2/c1-13(17-21-15(12-26-17)18(2,3)4)20-16-6-5-14(11-19-16)27(23,24)22-7-9-25-10-8-22/h5-6,11-13H,7-10H2,1-4H3,(H,19,20). The molecule has 2 aromatic rings. The summed E-state index contributed by atoms with van der Waals surface area (Å²) in [6, 6.07) is 3.28. The third kappa shape index (κ3) is 4.66. The Kier molecular flexibility index (Phi) is 5.85. The van der Waals surface area contributed by atoms with E-state index in [1.54, 1.807) is 23.5 Å². The number of nitrogens with one attached hydrogen (secondary N) is 1. The average Bonchev–Trinajstić information content (AvgIpc) is 3.14. The number of sulfonamides is 1. The Balaban J connectivity index is 1.69. The predicted octanol–water partition coefficient (Wildman–Crippen LogP) is 3.03. The Labute approximate surface area is 164 Å². The predicted molar refractivity (Wildman–Crippen MR) is 107 cm³/mol. The molecule has 0 aliphatic carbocycles. The molecule has 148 valence electrons. The van der Waals surface area contributed by atoms with Crippen LogP contribution in [0.5, 0.6) is 0 Å². The molecule has 2 aromatic heterocycles. The zero-order valence-corrected chi connectivity index (χ0v) is 17.7. The van der Waals surface area contributed by atoms with Crippen LogP contribution in [0.2, 0.25) is 0 Å². The number of nitrogens with zero attached hydrogens (tertiary/aromatic N) is 3. The topological polar surface area (TPSA) is 84.4 Å². The maximum Gasteiger partial charge on any atom is 0.244 e. The summed E-state index contributed by atoms with van der Waals surface area (Å²) in [6.45, 7) is 10.0. The molecule has 27 heavy (non-hydrogen) atoms. The smallest absolute Gasteiger partial charge is 0.244 e. The van der Waals surface area contributed by atoms with Crippen LogP contribution in [0, 0.1) is 0 Å². The quantitative estimate of drug-likeness (QED) is 0.816. The van der Waals surface area contributed by atoms with E-state index in [0.717, 1.165) is 10.7 Å². The molecule has 3 heterocycles. The first-order valence-electron chi connectivity index (χ1n) is 8.94. The van der Waals surface area contributed by atoms with Gasteiger partial charge in [-0.15, -0.1) is 11.3 Å². The highest BCUT2D eigenvalue weighted by atomic mass is 32.2. The van der Waals surface area contributed by atoms with E-state index in [1.165, 1.54) is 10.5 Å². The monoisotopic (exact) mass is 410 g/mol. The SMILES string of the molecule is CC(Nc1ccc(S(=O)(=O)N2CCOCC2)cn1)c1nc(C(C)(C)C)cs1. The minimum atomic E-state index is -3.52. The van der Waals surface area contributed by atoms with Gasteiger partial charge in [0.2, 0.25) is 10.0 Å². The molecule has 0 amide bonds. The Morgan fingerprint density at radius 3 is 2.52 bits per heavy atom. The molecular weight excluding hydrogens is 384 g/mol. The second kappa shape index (κ2) is 7.83. The first-order chi connectivity index (χ1) is 12.7. The van der Waals surface area contributed by atoms with Crippen LogP contribution in [0.1, 0.15) is 44.4 Å². The van der Waals surface area contributed by atoms with Gasteiger partial charge in [0.05, 0.1) is 24.9 Å². The fraction of sp³-hybridized carbons (Fsp3) is 0.556. The Morgan fingerprint density at radius 2 is 1.96 bits per heavy atom. The third-order valence-corrected chi connectivity index (χ3v) is 7.28. The van der Waals surface area contributed by atoms with E-state index < -0.39 is 10.0 Å². The van der Waals surface area contributed by atoms with E-state index in [0.29, 0.717) is 32.1 Å². The molecule has 1 saturated heterocycles. The minimum absolute atomic E-state index is 0.0136. The van der Waals surface area contributed by atoms with Crippen molar-refractivity contribution in [1.29, 1.82) is 0 Å². The first kappa shape index (κ1) is 20.2. The lowest BCUT2D eigenvalue weighted by Gasteiger charge is -2.25. The number of aromatic nitrogens is 2. The average molecular weight is 411 g/mol. The lowest BCUT2D eigenvalue weighted by atomic mass is 9.93. The molecule has 0 aromatic carbocycles. The number of rotatable bonds is 5. The van der Waals surface area contributed by atoms with Crippen molar-refractivity contribution in [2.45, 2.75) is 44.0 Å². The number of ether oxygens (including phenoxy) is 1. The summed E-state index contributed by atoms with van der Waals surface area (Å²) in [5.74, 6) is 0.621. The largest absolute Gasteiger partial charge is 0.379 e. The Morgan fingerprint density at radius 1 is 1.26 bits per heavy atom. The summed E-state index contributed by atoms with van der Waals surface area (Å²) in [5.41, 5.74) is 1.08. The van der Waals surface area contributed by atoms with Crippen molar-refractivity contribution < 1.29 is 13.2 Å². The van der Waals surface area contributed by atoms with Crippen LogP contribution >= 0.6 is 11.3 Å². The molecule has 9 heteroatoms.